The predicted octanol–water partition coefficient (Wildman–Crippen LogP) is 3.99. The fourth-order valence-corrected chi connectivity index (χ4v) is 3.06. The van der Waals surface area contributed by atoms with E-state index in [2.05, 4.69) is 34.4 Å². The van der Waals surface area contributed by atoms with Crippen LogP contribution in [0.5, 0.6) is 0 Å². The van der Waals surface area contributed by atoms with E-state index >= 15 is 0 Å². The summed E-state index contributed by atoms with van der Waals surface area (Å²) < 4.78 is 0. The molecule has 20 heavy (non-hydrogen) atoms. The number of hydrogen-bond acceptors (Lipinski definition) is 4. The summed E-state index contributed by atoms with van der Waals surface area (Å²) in [5, 5.41) is 7.00. The molecule has 1 heterocycles. The van der Waals surface area contributed by atoms with Gasteiger partial charge in [0, 0.05) is 18.7 Å². The first kappa shape index (κ1) is 15.1. The van der Waals surface area contributed by atoms with E-state index in [4.69, 9.17) is 0 Å². The van der Waals surface area contributed by atoms with Crippen molar-refractivity contribution in [3.63, 3.8) is 0 Å². The van der Waals surface area contributed by atoms with E-state index < -0.39 is 0 Å². The van der Waals surface area contributed by atoms with Gasteiger partial charge in [0.2, 0.25) is 0 Å². The Morgan fingerprint density at radius 3 is 2.65 bits per heavy atom. The average Bonchev–Trinajstić information content (AvgIpc) is 2.45. The van der Waals surface area contributed by atoms with Crippen LogP contribution in [0.25, 0.3) is 0 Å². The quantitative estimate of drug-likeness (QED) is 0.825. The Bertz CT molecular complexity index is 419. The minimum absolute atomic E-state index is 0.571. The van der Waals surface area contributed by atoms with Crippen LogP contribution in [-0.2, 0) is 0 Å². The number of nitrogens with zero attached hydrogens (tertiary/aromatic N) is 2. The number of rotatable bonds is 6. The normalized spacial score (nSPS) is 22.6. The molecular weight excluding hydrogens is 248 g/mol. The lowest BCUT2D eigenvalue weighted by molar-refractivity contribution is 0.317. The summed E-state index contributed by atoms with van der Waals surface area (Å²) in [4.78, 5) is 8.98. The van der Waals surface area contributed by atoms with E-state index in [1.807, 2.05) is 13.0 Å². The highest BCUT2D eigenvalue weighted by atomic mass is 15.1. The molecule has 2 N–H and O–H groups in total. The van der Waals surface area contributed by atoms with Crippen molar-refractivity contribution < 1.29 is 0 Å². The molecule has 0 saturated heterocycles. The molecular formula is C16H28N4. The molecule has 2 atom stereocenters. The van der Waals surface area contributed by atoms with Gasteiger partial charge in [-0.2, -0.15) is 0 Å². The molecule has 0 spiro atoms. The van der Waals surface area contributed by atoms with Gasteiger partial charge in [-0.3, -0.25) is 0 Å². The topological polar surface area (TPSA) is 49.8 Å². The van der Waals surface area contributed by atoms with E-state index in [1.165, 1.54) is 32.1 Å². The Balaban J connectivity index is 2.05. The number of aryl methyl sites for hydroxylation is 1. The number of hydrogen-bond donors (Lipinski definition) is 2. The third-order valence-electron chi connectivity index (χ3n) is 4.16. The van der Waals surface area contributed by atoms with E-state index in [-0.39, 0.29) is 0 Å². The molecule has 1 aromatic heterocycles. The van der Waals surface area contributed by atoms with Crippen LogP contribution in [-0.4, -0.2) is 22.6 Å². The molecule has 2 rings (SSSR count). The van der Waals surface area contributed by atoms with E-state index in [1.54, 1.807) is 0 Å². The minimum Gasteiger partial charge on any atom is -0.370 e. The summed E-state index contributed by atoms with van der Waals surface area (Å²) >= 11 is 0. The van der Waals surface area contributed by atoms with Crippen molar-refractivity contribution in [2.45, 2.75) is 65.3 Å². The van der Waals surface area contributed by atoms with E-state index in [9.17, 15) is 0 Å². The first-order chi connectivity index (χ1) is 9.72. The lowest BCUT2D eigenvalue weighted by Crippen LogP contribution is -2.32. The number of aromatic nitrogens is 2. The van der Waals surface area contributed by atoms with Crippen molar-refractivity contribution in [1.82, 2.24) is 9.97 Å². The SMILES string of the molecule is CCCNc1cc(NC2CCCCC2CC)nc(C)n1. The van der Waals surface area contributed by atoms with Crippen LogP contribution in [0.2, 0.25) is 0 Å². The van der Waals surface area contributed by atoms with Gasteiger partial charge in [-0.1, -0.05) is 33.1 Å². The Morgan fingerprint density at radius 1 is 1.15 bits per heavy atom. The van der Waals surface area contributed by atoms with Crippen LogP contribution < -0.4 is 10.6 Å². The van der Waals surface area contributed by atoms with Crippen molar-refractivity contribution in [2.75, 3.05) is 17.2 Å². The van der Waals surface area contributed by atoms with Crippen molar-refractivity contribution >= 4 is 11.6 Å². The second-order valence-corrected chi connectivity index (χ2v) is 5.82. The molecule has 1 aliphatic carbocycles. The van der Waals surface area contributed by atoms with Gasteiger partial charge >= 0.3 is 0 Å². The third kappa shape index (κ3) is 4.09. The van der Waals surface area contributed by atoms with Crippen LogP contribution in [0.4, 0.5) is 11.6 Å². The van der Waals surface area contributed by atoms with Gasteiger partial charge in [-0.25, -0.2) is 9.97 Å². The molecule has 4 nitrogen and oxygen atoms in total. The fraction of sp³-hybridized carbons (Fsp3) is 0.750. The summed E-state index contributed by atoms with van der Waals surface area (Å²) in [6, 6.07) is 2.62. The molecule has 0 aromatic carbocycles. The zero-order chi connectivity index (χ0) is 14.4. The fourth-order valence-electron chi connectivity index (χ4n) is 3.06. The average molecular weight is 276 g/mol. The summed E-state index contributed by atoms with van der Waals surface area (Å²) in [6.07, 6.45) is 7.68. The monoisotopic (exact) mass is 276 g/mol. The number of anilines is 2. The Morgan fingerprint density at radius 2 is 1.90 bits per heavy atom. The molecule has 112 valence electrons. The maximum atomic E-state index is 4.54. The van der Waals surface area contributed by atoms with Crippen LogP contribution in [0.1, 0.15) is 58.2 Å². The molecule has 0 bridgehead atoms. The van der Waals surface area contributed by atoms with Crippen molar-refractivity contribution in [2.24, 2.45) is 5.92 Å². The van der Waals surface area contributed by atoms with Crippen LogP contribution >= 0.6 is 0 Å². The molecule has 0 radical (unpaired) electrons. The molecule has 0 amide bonds. The van der Waals surface area contributed by atoms with Gasteiger partial charge in [0.1, 0.15) is 17.5 Å². The van der Waals surface area contributed by atoms with Gasteiger partial charge in [-0.05, 0) is 32.1 Å². The molecule has 1 saturated carbocycles. The highest BCUT2D eigenvalue weighted by Crippen LogP contribution is 2.29. The lowest BCUT2D eigenvalue weighted by Gasteiger charge is -2.32. The molecule has 0 aliphatic heterocycles. The van der Waals surface area contributed by atoms with Crippen LogP contribution in [0.3, 0.4) is 0 Å². The molecule has 4 heteroatoms. The summed E-state index contributed by atoms with van der Waals surface area (Å²) in [7, 11) is 0. The van der Waals surface area contributed by atoms with Gasteiger partial charge in [0.25, 0.3) is 0 Å². The van der Waals surface area contributed by atoms with Crippen LogP contribution in [0.15, 0.2) is 6.07 Å². The van der Waals surface area contributed by atoms with Crippen molar-refractivity contribution in [1.29, 1.82) is 0 Å². The molecule has 1 fully saturated rings. The van der Waals surface area contributed by atoms with Gasteiger partial charge < -0.3 is 10.6 Å². The first-order valence-electron chi connectivity index (χ1n) is 8.09. The largest absolute Gasteiger partial charge is 0.370 e. The summed E-state index contributed by atoms with van der Waals surface area (Å²) in [6.45, 7) is 7.37. The third-order valence-corrected chi connectivity index (χ3v) is 4.16. The Labute approximate surface area is 122 Å². The highest BCUT2D eigenvalue weighted by molar-refractivity contribution is 5.48. The minimum atomic E-state index is 0.571. The summed E-state index contributed by atoms with van der Waals surface area (Å²) in [5.74, 6) is 3.52. The standard InChI is InChI=1S/C16H28N4/c1-4-10-17-15-11-16(19-12(3)18-15)20-14-9-7-6-8-13(14)5-2/h11,13-14H,4-10H2,1-3H3,(H2,17,18,19,20). The highest BCUT2D eigenvalue weighted by Gasteiger charge is 2.23. The second kappa shape index (κ2) is 7.46. The predicted molar refractivity (Wildman–Crippen MR) is 85.2 cm³/mol. The second-order valence-electron chi connectivity index (χ2n) is 5.82. The Hall–Kier alpha value is -1.32. The van der Waals surface area contributed by atoms with Gasteiger partial charge in [0.15, 0.2) is 0 Å². The van der Waals surface area contributed by atoms with E-state index in [0.717, 1.165) is 36.3 Å². The van der Waals surface area contributed by atoms with Crippen molar-refractivity contribution in [3.05, 3.63) is 11.9 Å². The summed E-state index contributed by atoms with van der Waals surface area (Å²) in [5.41, 5.74) is 0. The lowest BCUT2D eigenvalue weighted by atomic mass is 9.83. The van der Waals surface area contributed by atoms with Crippen LogP contribution in [0, 0.1) is 12.8 Å². The maximum Gasteiger partial charge on any atom is 0.132 e. The zero-order valence-corrected chi connectivity index (χ0v) is 13.1. The number of nitrogens with one attached hydrogen (secondary N) is 2. The smallest absolute Gasteiger partial charge is 0.132 e. The molecule has 1 aliphatic rings. The van der Waals surface area contributed by atoms with E-state index in [0.29, 0.717) is 6.04 Å². The van der Waals surface area contributed by atoms with Gasteiger partial charge in [-0.15, -0.1) is 0 Å². The first-order valence-corrected chi connectivity index (χ1v) is 8.09. The molecule has 2 unspecified atom stereocenters. The molecule has 1 aromatic rings. The maximum absolute atomic E-state index is 4.54. The zero-order valence-electron chi connectivity index (χ0n) is 13.1. The van der Waals surface area contributed by atoms with Gasteiger partial charge in [0.05, 0.1) is 0 Å². The van der Waals surface area contributed by atoms with Crippen molar-refractivity contribution in [3.8, 4) is 0 Å². The Kier molecular flexibility index (Phi) is 5.62.